The Morgan fingerprint density at radius 2 is 2.38 bits per heavy atom. The topological polar surface area (TPSA) is 45.2 Å². The van der Waals surface area contributed by atoms with E-state index in [0.29, 0.717) is 13.1 Å². The summed E-state index contributed by atoms with van der Waals surface area (Å²) in [7, 11) is 3.70. The first-order valence-corrected chi connectivity index (χ1v) is 6.22. The van der Waals surface area contributed by atoms with Crippen molar-refractivity contribution in [3.63, 3.8) is 0 Å². The van der Waals surface area contributed by atoms with Crippen molar-refractivity contribution in [3.05, 3.63) is 16.1 Å². The molecule has 0 saturated heterocycles. The molecule has 0 spiro atoms. The zero-order chi connectivity index (χ0) is 12.1. The fourth-order valence-electron chi connectivity index (χ4n) is 1.54. The number of rotatable bonds is 5. The average molecular weight is 241 g/mol. The van der Waals surface area contributed by atoms with Crippen molar-refractivity contribution in [3.8, 4) is 0 Å². The molecule has 90 valence electrons. The Labute approximate surface area is 101 Å². The summed E-state index contributed by atoms with van der Waals surface area (Å²) in [5.41, 5.74) is 2.84. The molecule has 1 amide bonds. The molecule has 4 nitrogen and oxygen atoms in total. The maximum absolute atomic E-state index is 11.9. The van der Waals surface area contributed by atoms with Crippen molar-refractivity contribution < 1.29 is 4.79 Å². The number of hydrogen-bond acceptors (Lipinski definition) is 4. The van der Waals surface area contributed by atoms with Gasteiger partial charge in [-0.2, -0.15) is 0 Å². The van der Waals surface area contributed by atoms with E-state index in [1.165, 1.54) is 0 Å². The highest BCUT2D eigenvalue weighted by Crippen LogP contribution is 2.15. The van der Waals surface area contributed by atoms with Crippen LogP contribution in [-0.4, -0.2) is 36.4 Å². The van der Waals surface area contributed by atoms with E-state index in [4.69, 9.17) is 0 Å². The molecule has 0 aliphatic carbocycles. The molecule has 1 heterocycles. The molecule has 1 rings (SSSR count). The van der Waals surface area contributed by atoms with Crippen molar-refractivity contribution in [1.29, 1.82) is 0 Å². The number of aromatic nitrogens is 1. The Kier molecular flexibility index (Phi) is 4.89. The molecule has 1 N–H and O–H groups in total. The zero-order valence-corrected chi connectivity index (χ0v) is 11.1. The Hall–Kier alpha value is -0.940. The van der Waals surface area contributed by atoms with Gasteiger partial charge in [-0.25, -0.2) is 4.98 Å². The van der Waals surface area contributed by atoms with Gasteiger partial charge in [0.15, 0.2) is 0 Å². The summed E-state index contributed by atoms with van der Waals surface area (Å²) < 4.78 is 0. The number of carbonyl (C=O) groups is 1. The van der Waals surface area contributed by atoms with Crippen LogP contribution in [0, 0.1) is 12.8 Å². The van der Waals surface area contributed by atoms with E-state index in [-0.39, 0.29) is 11.8 Å². The molecule has 1 unspecified atom stereocenters. The maximum atomic E-state index is 11.9. The molecule has 16 heavy (non-hydrogen) atoms. The van der Waals surface area contributed by atoms with E-state index in [2.05, 4.69) is 10.3 Å². The van der Waals surface area contributed by atoms with Gasteiger partial charge in [-0.1, -0.05) is 6.92 Å². The summed E-state index contributed by atoms with van der Waals surface area (Å²) in [6.07, 6.45) is 0. The van der Waals surface area contributed by atoms with E-state index in [9.17, 15) is 4.79 Å². The third-order valence-electron chi connectivity index (χ3n) is 2.53. The van der Waals surface area contributed by atoms with Gasteiger partial charge in [-0.05, 0) is 14.0 Å². The molecule has 0 bridgehead atoms. The van der Waals surface area contributed by atoms with E-state index in [1.807, 2.05) is 33.5 Å². The monoisotopic (exact) mass is 241 g/mol. The van der Waals surface area contributed by atoms with E-state index in [0.717, 1.165) is 10.6 Å². The van der Waals surface area contributed by atoms with Gasteiger partial charge in [-0.3, -0.25) is 4.79 Å². The van der Waals surface area contributed by atoms with Gasteiger partial charge in [0.1, 0.15) is 0 Å². The van der Waals surface area contributed by atoms with Gasteiger partial charge < -0.3 is 10.2 Å². The van der Waals surface area contributed by atoms with Crippen LogP contribution in [-0.2, 0) is 11.3 Å². The second-order valence-electron chi connectivity index (χ2n) is 4.01. The van der Waals surface area contributed by atoms with Crippen molar-refractivity contribution in [1.82, 2.24) is 15.2 Å². The summed E-state index contributed by atoms with van der Waals surface area (Å²) >= 11 is 1.60. The number of amides is 1. The summed E-state index contributed by atoms with van der Waals surface area (Å²) in [5, 5.41) is 3.02. The fraction of sp³-hybridized carbons (Fsp3) is 0.636. The number of aryl methyl sites for hydroxylation is 1. The second-order valence-corrected chi connectivity index (χ2v) is 4.95. The molecule has 0 aliphatic heterocycles. The zero-order valence-electron chi connectivity index (χ0n) is 10.3. The lowest BCUT2D eigenvalue weighted by molar-refractivity contribution is -0.134. The molecule has 5 heteroatoms. The molecule has 0 aromatic carbocycles. The number of nitrogens with one attached hydrogen (secondary N) is 1. The number of carbonyl (C=O) groups excluding carboxylic acids is 1. The van der Waals surface area contributed by atoms with E-state index in [1.54, 1.807) is 16.2 Å². The van der Waals surface area contributed by atoms with Crippen LogP contribution >= 0.6 is 11.3 Å². The first-order valence-electron chi connectivity index (χ1n) is 5.34. The lowest BCUT2D eigenvalue weighted by atomic mass is 10.1. The molecule has 1 atom stereocenters. The molecule has 0 saturated carbocycles. The van der Waals surface area contributed by atoms with Gasteiger partial charge >= 0.3 is 0 Å². The van der Waals surface area contributed by atoms with Crippen LogP contribution in [0.4, 0.5) is 0 Å². The van der Waals surface area contributed by atoms with Crippen molar-refractivity contribution in [2.24, 2.45) is 5.92 Å². The molecule has 0 radical (unpaired) electrons. The highest BCUT2D eigenvalue weighted by Gasteiger charge is 2.17. The van der Waals surface area contributed by atoms with Crippen LogP contribution in [0.1, 0.15) is 17.5 Å². The summed E-state index contributed by atoms with van der Waals surface area (Å²) in [6.45, 7) is 5.28. The Morgan fingerprint density at radius 1 is 1.69 bits per heavy atom. The van der Waals surface area contributed by atoms with Crippen LogP contribution in [0.5, 0.6) is 0 Å². The second kappa shape index (κ2) is 5.96. The highest BCUT2D eigenvalue weighted by molar-refractivity contribution is 7.09. The smallest absolute Gasteiger partial charge is 0.226 e. The Bertz CT molecular complexity index is 351. The number of hydrogen-bond donors (Lipinski definition) is 1. The standard InChI is InChI=1S/C11H19N3OS/c1-8(5-12-3)11(15)14(4)6-10-9(2)13-7-16-10/h7-8,12H,5-6H2,1-4H3. The molecular weight excluding hydrogens is 222 g/mol. The van der Waals surface area contributed by atoms with Crippen molar-refractivity contribution >= 4 is 17.2 Å². The predicted molar refractivity (Wildman–Crippen MR) is 66.4 cm³/mol. The summed E-state index contributed by atoms with van der Waals surface area (Å²) in [6, 6.07) is 0. The SMILES string of the molecule is CNCC(C)C(=O)N(C)Cc1scnc1C. The van der Waals surface area contributed by atoms with Gasteiger partial charge in [-0.15, -0.1) is 11.3 Å². The minimum Gasteiger partial charge on any atom is -0.340 e. The molecule has 0 aliphatic rings. The van der Waals surface area contributed by atoms with Crippen molar-refractivity contribution in [2.45, 2.75) is 20.4 Å². The Morgan fingerprint density at radius 3 is 2.88 bits per heavy atom. The third-order valence-corrected chi connectivity index (χ3v) is 3.45. The van der Waals surface area contributed by atoms with Gasteiger partial charge in [0, 0.05) is 24.4 Å². The van der Waals surface area contributed by atoms with Gasteiger partial charge in [0.2, 0.25) is 5.91 Å². The third kappa shape index (κ3) is 3.28. The molecule has 0 fully saturated rings. The molecule has 1 aromatic rings. The quantitative estimate of drug-likeness (QED) is 0.844. The summed E-state index contributed by atoms with van der Waals surface area (Å²) in [5.74, 6) is 0.186. The van der Waals surface area contributed by atoms with Crippen molar-refractivity contribution in [2.75, 3.05) is 20.6 Å². The summed E-state index contributed by atoms with van der Waals surface area (Å²) in [4.78, 5) is 19.0. The normalized spacial score (nSPS) is 12.5. The van der Waals surface area contributed by atoms with Crippen LogP contribution in [0.2, 0.25) is 0 Å². The van der Waals surface area contributed by atoms with Gasteiger partial charge in [0.25, 0.3) is 0 Å². The van der Waals surface area contributed by atoms with E-state index < -0.39 is 0 Å². The van der Waals surface area contributed by atoms with E-state index >= 15 is 0 Å². The predicted octanol–water partition coefficient (Wildman–Crippen LogP) is 1.27. The minimum absolute atomic E-state index is 0.0169. The number of nitrogens with zero attached hydrogens (tertiary/aromatic N) is 2. The van der Waals surface area contributed by atoms with Crippen LogP contribution in [0.3, 0.4) is 0 Å². The number of thiazole rings is 1. The lowest BCUT2D eigenvalue weighted by Gasteiger charge is -2.20. The lowest BCUT2D eigenvalue weighted by Crippen LogP contribution is -2.35. The largest absolute Gasteiger partial charge is 0.340 e. The van der Waals surface area contributed by atoms with Crippen LogP contribution in [0.15, 0.2) is 5.51 Å². The van der Waals surface area contributed by atoms with Gasteiger partial charge in [0.05, 0.1) is 17.7 Å². The first-order chi connectivity index (χ1) is 7.56. The molecule has 1 aromatic heterocycles. The maximum Gasteiger partial charge on any atom is 0.226 e. The fourth-order valence-corrected chi connectivity index (χ4v) is 2.37. The molecular formula is C11H19N3OS. The first kappa shape index (κ1) is 13.1. The minimum atomic E-state index is 0.0169. The van der Waals surface area contributed by atoms with Crippen LogP contribution in [0.25, 0.3) is 0 Å². The Balaban J connectivity index is 2.55. The average Bonchev–Trinajstić information content (AvgIpc) is 2.63. The van der Waals surface area contributed by atoms with Crippen LogP contribution < -0.4 is 5.32 Å². The highest BCUT2D eigenvalue weighted by atomic mass is 32.1.